The summed E-state index contributed by atoms with van der Waals surface area (Å²) in [6.07, 6.45) is 0.446. The molecule has 0 aromatic heterocycles. The van der Waals surface area contributed by atoms with Crippen LogP contribution in [0.3, 0.4) is 0 Å². The Bertz CT molecular complexity index is 977. The zero-order valence-corrected chi connectivity index (χ0v) is 18.5. The smallest absolute Gasteiger partial charge is 0.268 e. The Morgan fingerprint density at radius 3 is 2.72 bits per heavy atom. The lowest BCUT2D eigenvalue weighted by Crippen LogP contribution is -2.50. The molecule has 6 heteroatoms. The zero-order chi connectivity index (χ0) is 20.8. The summed E-state index contributed by atoms with van der Waals surface area (Å²) in [7, 11) is 0. The highest BCUT2D eigenvalue weighted by molar-refractivity contribution is 8.01. The number of aryl methyl sites for hydroxylation is 1. The number of fused-ring (bicyclic) bond motifs is 2. The van der Waals surface area contributed by atoms with E-state index in [0.717, 1.165) is 28.1 Å². The summed E-state index contributed by atoms with van der Waals surface area (Å²) < 4.78 is 0. The third-order valence-corrected chi connectivity index (χ3v) is 7.31. The summed E-state index contributed by atoms with van der Waals surface area (Å²) in [6.45, 7) is 7.07. The summed E-state index contributed by atoms with van der Waals surface area (Å²) >= 11 is 7.96. The molecule has 0 aliphatic carbocycles. The van der Waals surface area contributed by atoms with Crippen molar-refractivity contribution in [1.29, 1.82) is 0 Å². The van der Waals surface area contributed by atoms with Crippen LogP contribution in [0.2, 0.25) is 5.02 Å². The third kappa shape index (κ3) is 3.34. The molecule has 4 rings (SSSR count). The highest BCUT2D eigenvalue weighted by Gasteiger charge is 2.59. The molecule has 1 spiro atoms. The van der Waals surface area contributed by atoms with Gasteiger partial charge in [-0.2, -0.15) is 0 Å². The molecule has 0 radical (unpaired) electrons. The fourth-order valence-electron chi connectivity index (χ4n) is 4.20. The summed E-state index contributed by atoms with van der Waals surface area (Å²) in [6, 6.07) is 13.7. The van der Waals surface area contributed by atoms with Crippen LogP contribution >= 0.6 is 23.4 Å². The predicted octanol–water partition coefficient (Wildman–Crippen LogP) is 4.97. The fourth-order valence-corrected chi connectivity index (χ4v) is 5.86. The lowest BCUT2D eigenvalue weighted by atomic mass is 10.0. The second-order valence-corrected chi connectivity index (χ2v) is 9.83. The third-order valence-electron chi connectivity index (χ3n) is 5.52. The van der Waals surface area contributed by atoms with E-state index < -0.39 is 4.87 Å². The Morgan fingerprint density at radius 2 is 2.00 bits per heavy atom. The van der Waals surface area contributed by atoms with Crippen molar-refractivity contribution in [2.45, 2.75) is 38.6 Å². The molecule has 2 aromatic rings. The topological polar surface area (TPSA) is 40.6 Å². The first-order chi connectivity index (χ1) is 13.8. The molecule has 2 amide bonds. The number of hydrogen-bond donors (Lipinski definition) is 0. The van der Waals surface area contributed by atoms with Crippen molar-refractivity contribution in [2.75, 3.05) is 17.2 Å². The maximum Gasteiger partial charge on any atom is 0.268 e. The molecule has 2 heterocycles. The van der Waals surface area contributed by atoms with Gasteiger partial charge in [-0.25, -0.2) is 0 Å². The first-order valence-electron chi connectivity index (χ1n) is 9.95. The molecular formula is C23H25ClN2O2S. The number of rotatable bonds is 4. The van der Waals surface area contributed by atoms with Gasteiger partial charge in [-0.05, 0) is 30.5 Å². The van der Waals surface area contributed by atoms with Gasteiger partial charge in [0.05, 0.1) is 12.2 Å². The van der Waals surface area contributed by atoms with Crippen molar-refractivity contribution in [3.63, 3.8) is 0 Å². The highest BCUT2D eigenvalue weighted by Crippen LogP contribution is 2.55. The molecule has 1 atom stereocenters. The molecule has 2 aromatic carbocycles. The maximum atomic E-state index is 13.9. The molecule has 2 aliphatic rings. The summed E-state index contributed by atoms with van der Waals surface area (Å²) in [4.78, 5) is 29.6. The van der Waals surface area contributed by atoms with Crippen molar-refractivity contribution in [3.05, 3.63) is 64.2 Å². The van der Waals surface area contributed by atoms with Crippen LogP contribution in [0, 0.1) is 12.8 Å². The standard InChI is InChI=1S/C23H25ClN2O2S/c1-15(2)12-21(27)26-10-11-29-23(26)18-13-16(3)8-9-20(18)25(22(23)28)14-17-6-4-5-7-19(17)24/h4-9,13,15H,10-12,14H2,1-3H3/t23-/m0/s1. The lowest BCUT2D eigenvalue weighted by molar-refractivity contribution is -0.140. The number of benzene rings is 2. The Labute approximate surface area is 181 Å². The van der Waals surface area contributed by atoms with Gasteiger partial charge >= 0.3 is 0 Å². The highest BCUT2D eigenvalue weighted by atomic mass is 35.5. The first-order valence-corrected chi connectivity index (χ1v) is 11.3. The molecule has 0 unspecified atom stereocenters. The van der Waals surface area contributed by atoms with Gasteiger partial charge in [0.25, 0.3) is 5.91 Å². The fraction of sp³-hybridized carbons (Fsp3) is 0.391. The number of amides is 2. The van der Waals surface area contributed by atoms with Crippen molar-refractivity contribution >= 4 is 40.9 Å². The van der Waals surface area contributed by atoms with E-state index in [2.05, 4.69) is 6.07 Å². The van der Waals surface area contributed by atoms with Crippen LogP contribution in [0.5, 0.6) is 0 Å². The Balaban J connectivity index is 1.80. The number of nitrogens with zero attached hydrogens (tertiary/aromatic N) is 2. The number of carbonyl (C=O) groups excluding carboxylic acids is 2. The molecule has 0 bridgehead atoms. The average Bonchev–Trinajstić information content (AvgIpc) is 3.20. The average molecular weight is 429 g/mol. The monoisotopic (exact) mass is 428 g/mol. The van der Waals surface area contributed by atoms with E-state index in [-0.39, 0.29) is 17.7 Å². The van der Waals surface area contributed by atoms with E-state index in [9.17, 15) is 9.59 Å². The van der Waals surface area contributed by atoms with Crippen LogP contribution in [0.4, 0.5) is 5.69 Å². The van der Waals surface area contributed by atoms with Gasteiger partial charge in [0.2, 0.25) is 5.91 Å². The summed E-state index contributed by atoms with van der Waals surface area (Å²) in [5.74, 6) is 1.00. The predicted molar refractivity (Wildman–Crippen MR) is 119 cm³/mol. The summed E-state index contributed by atoms with van der Waals surface area (Å²) in [5.41, 5.74) is 3.78. The quantitative estimate of drug-likeness (QED) is 0.690. The summed E-state index contributed by atoms with van der Waals surface area (Å²) in [5, 5.41) is 0.640. The Kier molecular flexibility index (Phi) is 5.38. The SMILES string of the molecule is Cc1ccc2c(c1)[C@]1(SCCN1C(=O)CC(C)C)C(=O)N2Cc1ccccc1Cl. The molecule has 2 aliphatic heterocycles. The molecule has 0 N–H and O–H groups in total. The lowest BCUT2D eigenvalue weighted by Gasteiger charge is -2.33. The number of carbonyl (C=O) groups is 2. The minimum absolute atomic E-state index is 0.0439. The van der Waals surface area contributed by atoms with Gasteiger partial charge in [-0.3, -0.25) is 9.59 Å². The van der Waals surface area contributed by atoms with Crippen molar-refractivity contribution in [3.8, 4) is 0 Å². The molecule has 1 fully saturated rings. The molecule has 0 saturated carbocycles. The van der Waals surface area contributed by atoms with E-state index in [1.807, 2.05) is 62.1 Å². The Hall–Kier alpha value is -1.98. The van der Waals surface area contributed by atoms with Gasteiger partial charge in [-0.1, -0.05) is 61.3 Å². The van der Waals surface area contributed by atoms with E-state index in [1.54, 1.807) is 16.7 Å². The Morgan fingerprint density at radius 1 is 1.24 bits per heavy atom. The molecule has 152 valence electrons. The van der Waals surface area contributed by atoms with Gasteiger partial charge in [-0.15, -0.1) is 11.8 Å². The number of halogens is 1. The van der Waals surface area contributed by atoms with Crippen molar-refractivity contribution in [2.24, 2.45) is 5.92 Å². The minimum Gasteiger partial charge on any atom is -0.315 e. The van der Waals surface area contributed by atoms with Gasteiger partial charge < -0.3 is 9.80 Å². The van der Waals surface area contributed by atoms with Crippen LogP contribution < -0.4 is 4.90 Å². The number of hydrogen-bond acceptors (Lipinski definition) is 3. The van der Waals surface area contributed by atoms with Gasteiger partial charge in [0, 0.05) is 29.3 Å². The van der Waals surface area contributed by atoms with E-state index in [1.165, 1.54) is 0 Å². The van der Waals surface area contributed by atoms with Crippen molar-refractivity contribution < 1.29 is 9.59 Å². The number of thioether (sulfide) groups is 1. The van der Waals surface area contributed by atoms with Gasteiger partial charge in [0.15, 0.2) is 4.87 Å². The van der Waals surface area contributed by atoms with E-state index in [4.69, 9.17) is 11.6 Å². The minimum atomic E-state index is -0.964. The van der Waals surface area contributed by atoms with Crippen LogP contribution in [0.15, 0.2) is 42.5 Å². The van der Waals surface area contributed by atoms with Gasteiger partial charge in [0.1, 0.15) is 0 Å². The van der Waals surface area contributed by atoms with Crippen LogP contribution in [-0.2, 0) is 21.0 Å². The second-order valence-electron chi connectivity index (χ2n) is 8.14. The number of anilines is 1. The van der Waals surface area contributed by atoms with Crippen molar-refractivity contribution in [1.82, 2.24) is 4.90 Å². The molecule has 29 heavy (non-hydrogen) atoms. The largest absolute Gasteiger partial charge is 0.315 e. The molecule has 1 saturated heterocycles. The second kappa shape index (κ2) is 7.69. The normalized spacial score (nSPS) is 20.8. The van der Waals surface area contributed by atoms with Crippen LogP contribution in [-0.4, -0.2) is 29.0 Å². The maximum absolute atomic E-state index is 13.9. The van der Waals surface area contributed by atoms with E-state index >= 15 is 0 Å². The molecule has 4 nitrogen and oxygen atoms in total. The van der Waals surface area contributed by atoms with Crippen LogP contribution in [0.1, 0.15) is 37.0 Å². The van der Waals surface area contributed by atoms with E-state index in [0.29, 0.717) is 24.5 Å². The first kappa shape index (κ1) is 20.3. The van der Waals surface area contributed by atoms with Crippen LogP contribution in [0.25, 0.3) is 0 Å². The molecular weight excluding hydrogens is 404 g/mol. The zero-order valence-electron chi connectivity index (χ0n) is 16.9.